The molecule has 0 aromatic heterocycles. The highest BCUT2D eigenvalue weighted by Crippen LogP contribution is 2.65. The quantitative estimate of drug-likeness (QED) is 0.312. The van der Waals surface area contributed by atoms with E-state index in [0.717, 1.165) is 12.2 Å². The predicted octanol–water partition coefficient (Wildman–Crippen LogP) is 8.12. The Morgan fingerprint density at radius 3 is 1.91 bits per heavy atom. The van der Waals surface area contributed by atoms with Gasteiger partial charge in [0, 0.05) is 0 Å². The number of unbranched alkanes of at least 4 members (excludes halogenated alkanes) is 1. The summed E-state index contributed by atoms with van der Waals surface area (Å²) in [6, 6.07) is 35.7. The Balaban J connectivity index is 1.80. The van der Waals surface area contributed by atoms with Crippen LogP contribution in [0.15, 0.2) is 97.1 Å². The molecule has 33 heavy (non-hydrogen) atoms. The molecule has 0 heterocycles. The van der Waals surface area contributed by atoms with E-state index in [1.165, 1.54) is 62.9 Å². The Bertz CT molecular complexity index is 1330. The minimum absolute atomic E-state index is 0.306. The van der Waals surface area contributed by atoms with Crippen LogP contribution in [0.5, 0.6) is 5.75 Å². The van der Waals surface area contributed by atoms with Gasteiger partial charge in [-0.15, -0.1) is 0 Å². The second-order valence-corrected chi connectivity index (χ2v) is 9.08. The summed E-state index contributed by atoms with van der Waals surface area (Å²) in [5.74, 6) is 0.923. The molecule has 0 fully saturated rings. The van der Waals surface area contributed by atoms with Crippen molar-refractivity contribution in [3.8, 4) is 16.9 Å². The fraction of sp³-hybridized carbons (Fsp3) is 0.188. The largest absolute Gasteiger partial charge is 0.497 e. The van der Waals surface area contributed by atoms with E-state index in [1.54, 1.807) is 7.11 Å². The van der Waals surface area contributed by atoms with Gasteiger partial charge in [0.2, 0.25) is 0 Å². The van der Waals surface area contributed by atoms with Crippen molar-refractivity contribution in [1.82, 2.24) is 0 Å². The molecule has 1 heteroatoms. The van der Waals surface area contributed by atoms with Crippen molar-refractivity contribution in [3.63, 3.8) is 0 Å². The fourth-order valence-corrected chi connectivity index (χ4v) is 6.13. The number of methoxy groups -OCH3 is 1. The lowest BCUT2D eigenvalue weighted by atomic mass is 9.68. The van der Waals surface area contributed by atoms with E-state index in [1.807, 2.05) is 0 Å². The van der Waals surface area contributed by atoms with Gasteiger partial charge in [0.1, 0.15) is 5.75 Å². The smallest absolute Gasteiger partial charge is 0.119 e. The first kappa shape index (κ1) is 20.1. The summed E-state index contributed by atoms with van der Waals surface area (Å²) in [5, 5.41) is 0. The number of hydrogen-bond acceptors (Lipinski definition) is 1. The summed E-state index contributed by atoms with van der Waals surface area (Å²) in [4.78, 5) is 0. The monoisotopic (exact) mass is 428 g/mol. The summed E-state index contributed by atoms with van der Waals surface area (Å²) >= 11 is 0. The Labute approximate surface area is 196 Å². The summed E-state index contributed by atoms with van der Waals surface area (Å²) in [6.07, 6.45) is 3.40. The molecule has 1 nitrogen and oxygen atoms in total. The van der Waals surface area contributed by atoms with Crippen molar-refractivity contribution in [2.75, 3.05) is 7.11 Å². The Morgan fingerprint density at radius 1 is 0.667 bits per heavy atom. The van der Waals surface area contributed by atoms with Gasteiger partial charge >= 0.3 is 0 Å². The van der Waals surface area contributed by atoms with Gasteiger partial charge in [-0.05, 0) is 75.1 Å². The third-order valence-corrected chi connectivity index (χ3v) is 7.43. The first-order valence-electron chi connectivity index (χ1n) is 12.0. The molecule has 0 radical (unpaired) electrons. The van der Waals surface area contributed by atoms with Crippen LogP contribution in [-0.4, -0.2) is 7.11 Å². The minimum atomic E-state index is -0.306. The lowest BCUT2D eigenvalue weighted by molar-refractivity contribution is 0.414. The summed E-state index contributed by atoms with van der Waals surface area (Å²) < 4.78 is 5.70. The number of benzene rings is 4. The molecule has 0 aliphatic heterocycles. The zero-order valence-corrected chi connectivity index (χ0v) is 19.3. The van der Waals surface area contributed by atoms with Gasteiger partial charge in [0.05, 0.1) is 12.5 Å². The van der Waals surface area contributed by atoms with Crippen molar-refractivity contribution in [1.29, 1.82) is 0 Å². The van der Waals surface area contributed by atoms with Crippen molar-refractivity contribution < 1.29 is 4.74 Å². The van der Waals surface area contributed by atoms with Gasteiger partial charge in [0.15, 0.2) is 0 Å². The summed E-state index contributed by atoms with van der Waals surface area (Å²) in [7, 11) is 1.76. The summed E-state index contributed by atoms with van der Waals surface area (Å²) in [6.45, 7) is 2.28. The number of allylic oxidation sites excluding steroid dienone is 2. The van der Waals surface area contributed by atoms with E-state index in [4.69, 9.17) is 4.74 Å². The molecular weight excluding hydrogens is 400 g/mol. The fourth-order valence-electron chi connectivity index (χ4n) is 6.13. The van der Waals surface area contributed by atoms with Crippen molar-refractivity contribution in [2.24, 2.45) is 0 Å². The normalized spacial score (nSPS) is 14.8. The van der Waals surface area contributed by atoms with Crippen molar-refractivity contribution >= 4 is 11.1 Å². The van der Waals surface area contributed by atoms with E-state index >= 15 is 0 Å². The first-order valence-corrected chi connectivity index (χ1v) is 12.0. The van der Waals surface area contributed by atoms with E-state index in [-0.39, 0.29) is 5.41 Å². The van der Waals surface area contributed by atoms with Crippen LogP contribution in [0.2, 0.25) is 0 Å². The SMILES string of the molecule is CCCCC1=C(c2ccccc2)C2(c3ccc(OC)cc31)c1ccccc1-c1ccccc12. The van der Waals surface area contributed by atoms with Crippen LogP contribution in [0.3, 0.4) is 0 Å². The van der Waals surface area contributed by atoms with Gasteiger partial charge in [0.25, 0.3) is 0 Å². The molecule has 1 spiro atoms. The topological polar surface area (TPSA) is 9.23 Å². The predicted molar refractivity (Wildman–Crippen MR) is 138 cm³/mol. The molecule has 4 aromatic rings. The number of ether oxygens (including phenoxy) is 1. The van der Waals surface area contributed by atoms with Crippen LogP contribution < -0.4 is 4.74 Å². The molecule has 0 saturated heterocycles. The maximum absolute atomic E-state index is 5.70. The molecule has 2 aliphatic carbocycles. The van der Waals surface area contributed by atoms with Crippen LogP contribution in [0.1, 0.15) is 54.0 Å². The highest BCUT2D eigenvalue weighted by molar-refractivity contribution is 6.09. The zero-order valence-electron chi connectivity index (χ0n) is 19.3. The Morgan fingerprint density at radius 2 is 1.27 bits per heavy atom. The van der Waals surface area contributed by atoms with E-state index in [0.29, 0.717) is 0 Å². The van der Waals surface area contributed by atoms with Crippen LogP contribution in [0.4, 0.5) is 0 Å². The molecule has 0 saturated carbocycles. The van der Waals surface area contributed by atoms with Crippen LogP contribution in [0, 0.1) is 0 Å². The lowest BCUT2D eigenvalue weighted by Crippen LogP contribution is -2.26. The average molecular weight is 429 g/mol. The van der Waals surface area contributed by atoms with E-state index < -0.39 is 0 Å². The maximum atomic E-state index is 5.70. The first-order chi connectivity index (χ1) is 16.3. The van der Waals surface area contributed by atoms with Gasteiger partial charge in [-0.1, -0.05) is 98.3 Å². The lowest BCUT2D eigenvalue weighted by Gasteiger charge is -2.33. The standard InChI is InChI=1S/C32H28O/c1-3-4-14-26-27-21-23(33-2)19-20-30(27)32(31(26)22-12-6-5-7-13-22)28-17-10-8-15-24(28)25-16-9-11-18-29(25)32/h5-13,15-21H,3-4,14H2,1-2H3. The molecule has 0 bridgehead atoms. The number of fused-ring (bicyclic) bond motifs is 7. The van der Waals surface area contributed by atoms with Crippen LogP contribution in [-0.2, 0) is 5.41 Å². The molecule has 162 valence electrons. The van der Waals surface area contributed by atoms with Crippen LogP contribution in [0.25, 0.3) is 22.3 Å². The molecule has 0 N–H and O–H groups in total. The minimum Gasteiger partial charge on any atom is -0.497 e. The van der Waals surface area contributed by atoms with E-state index in [2.05, 4.69) is 104 Å². The molecule has 0 unspecified atom stereocenters. The van der Waals surface area contributed by atoms with Gasteiger partial charge in [-0.3, -0.25) is 0 Å². The molecule has 2 aliphatic rings. The highest BCUT2D eigenvalue weighted by Gasteiger charge is 2.53. The molecular formula is C32H28O. The van der Waals surface area contributed by atoms with Gasteiger partial charge in [-0.2, -0.15) is 0 Å². The zero-order chi connectivity index (χ0) is 22.4. The van der Waals surface area contributed by atoms with Crippen molar-refractivity contribution in [3.05, 3.63) is 125 Å². The molecule has 6 rings (SSSR count). The number of rotatable bonds is 5. The Hall–Kier alpha value is -3.58. The van der Waals surface area contributed by atoms with Gasteiger partial charge in [-0.25, -0.2) is 0 Å². The summed E-state index contributed by atoms with van der Waals surface area (Å²) in [5.41, 5.74) is 12.1. The maximum Gasteiger partial charge on any atom is 0.119 e. The molecule has 0 amide bonds. The average Bonchev–Trinajstić information content (AvgIpc) is 3.34. The molecule has 4 aromatic carbocycles. The third-order valence-electron chi connectivity index (χ3n) is 7.43. The van der Waals surface area contributed by atoms with Crippen LogP contribution >= 0.6 is 0 Å². The second kappa shape index (κ2) is 7.78. The second-order valence-electron chi connectivity index (χ2n) is 9.08. The molecule has 0 atom stereocenters. The van der Waals surface area contributed by atoms with Gasteiger partial charge < -0.3 is 4.74 Å². The Kier molecular flexibility index (Phi) is 4.73. The van der Waals surface area contributed by atoms with Crippen molar-refractivity contribution in [2.45, 2.75) is 31.6 Å². The third kappa shape index (κ3) is 2.72. The van der Waals surface area contributed by atoms with E-state index in [9.17, 15) is 0 Å². The highest BCUT2D eigenvalue weighted by atomic mass is 16.5. The number of hydrogen-bond donors (Lipinski definition) is 0.